The van der Waals surface area contributed by atoms with Gasteiger partial charge in [-0.1, -0.05) is 72.4 Å². The normalized spacial score (nSPS) is 10.4. The third-order valence-electron chi connectivity index (χ3n) is 3.05. The second-order valence-electron chi connectivity index (χ2n) is 4.43. The molecule has 2 heteroatoms. The van der Waals surface area contributed by atoms with Crippen molar-refractivity contribution in [2.24, 2.45) is 0 Å². The van der Waals surface area contributed by atoms with Crippen molar-refractivity contribution in [3.8, 4) is 11.1 Å². The molecule has 0 fully saturated rings. The van der Waals surface area contributed by atoms with Crippen molar-refractivity contribution >= 4 is 24.4 Å². The predicted molar refractivity (Wildman–Crippen MR) is 89.7 cm³/mol. The van der Waals surface area contributed by atoms with Gasteiger partial charge >= 0.3 is 0 Å². The SMILES string of the molecule is Sc1c(Sc2ccccc2)cccc1-c1ccccc1. The maximum atomic E-state index is 4.73. The standard InChI is InChI=1S/C18H14S2/c19-18-16(14-8-3-1-4-9-14)12-7-13-17(18)20-15-10-5-2-6-11-15/h1-13,19H. The van der Waals surface area contributed by atoms with E-state index < -0.39 is 0 Å². The molecule has 98 valence electrons. The van der Waals surface area contributed by atoms with E-state index in [-0.39, 0.29) is 0 Å². The molecule has 0 aliphatic carbocycles. The van der Waals surface area contributed by atoms with Gasteiger partial charge in [-0.25, -0.2) is 0 Å². The van der Waals surface area contributed by atoms with Gasteiger partial charge in [-0.2, -0.15) is 0 Å². The molecule has 0 bridgehead atoms. The molecule has 3 aromatic carbocycles. The molecule has 0 aromatic heterocycles. The molecule has 0 atom stereocenters. The second-order valence-corrected chi connectivity index (χ2v) is 6.00. The summed E-state index contributed by atoms with van der Waals surface area (Å²) in [5.74, 6) is 0. The molecule has 0 aliphatic rings. The number of benzene rings is 3. The molecule has 0 radical (unpaired) electrons. The average Bonchev–Trinajstić information content (AvgIpc) is 2.51. The third-order valence-corrected chi connectivity index (χ3v) is 4.76. The van der Waals surface area contributed by atoms with Gasteiger partial charge in [0.05, 0.1) is 0 Å². The van der Waals surface area contributed by atoms with Gasteiger partial charge in [-0.3, -0.25) is 0 Å². The quantitative estimate of drug-likeness (QED) is 0.596. The Bertz CT molecular complexity index is 691. The van der Waals surface area contributed by atoms with E-state index in [4.69, 9.17) is 12.6 Å². The molecule has 0 N–H and O–H groups in total. The Labute approximate surface area is 129 Å². The van der Waals surface area contributed by atoms with E-state index in [1.807, 2.05) is 12.1 Å². The Kier molecular flexibility index (Phi) is 4.14. The third kappa shape index (κ3) is 2.92. The van der Waals surface area contributed by atoms with Crippen molar-refractivity contribution in [1.82, 2.24) is 0 Å². The van der Waals surface area contributed by atoms with Gasteiger partial charge in [0.2, 0.25) is 0 Å². The van der Waals surface area contributed by atoms with Gasteiger partial charge in [0.25, 0.3) is 0 Å². The van der Waals surface area contributed by atoms with Crippen LogP contribution < -0.4 is 0 Å². The largest absolute Gasteiger partial charge is 0.142 e. The number of hydrogen-bond donors (Lipinski definition) is 1. The monoisotopic (exact) mass is 294 g/mol. The van der Waals surface area contributed by atoms with E-state index in [0.717, 1.165) is 4.90 Å². The van der Waals surface area contributed by atoms with Crippen molar-refractivity contribution in [2.45, 2.75) is 14.7 Å². The summed E-state index contributed by atoms with van der Waals surface area (Å²) in [6.45, 7) is 0. The van der Waals surface area contributed by atoms with Gasteiger partial charge in [0.15, 0.2) is 0 Å². The molecular formula is C18H14S2. The fourth-order valence-corrected chi connectivity index (χ4v) is 3.39. The lowest BCUT2D eigenvalue weighted by Crippen LogP contribution is -1.83. The molecule has 0 heterocycles. The van der Waals surface area contributed by atoms with Crippen LogP contribution in [0.3, 0.4) is 0 Å². The lowest BCUT2D eigenvalue weighted by Gasteiger charge is -2.10. The molecule has 0 spiro atoms. The fourth-order valence-electron chi connectivity index (χ4n) is 2.07. The zero-order valence-electron chi connectivity index (χ0n) is 10.9. The van der Waals surface area contributed by atoms with Crippen LogP contribution in [0.4, 0.5) is 0 Å². The van der Waals surface area contributed by atoms with Gasteiger partial charge in [-0.05, 0) is 29.3 Å². The fraction of sp³-hybridized carbons (Fsp3) is 0. The second kappa shape index (κ2) is 6.21. The Balaban J connectivity index is 1.98. The lowest BCUT2D eigenvalue weighted by molar-refractivity contribution is 1.25. The topological polar surface area (TPSA) is 0 Å². The highest BCUT2D eigenvalue weighted by atomic mass is 32.2. The maximum Gasteiger partial charge on any atom is 0.0262 e. The highest BCUT2D eigenvalue weighted by Gasteiger charge is 2.07. The highest BCUT2D eigenvalue weighted by molar-refractivity contribution is 7.99. The summed E-state index contributed by atoms with van der Waals surface area (Å²) >= 11 is 6.48. The first-order valence-corrected chi connectivity index (χ1v) is 7.71. The van der Waals surface area contributed by atoms with E-state index in [9.17, 15) is 0 Å². The minimum Gasteiger partial charge on any atom is -0.142 e. The van der Waals surface area contributed by atoms with E-state index in [1.165, 1.54) is 20.9 Å². The number of rotatable bonds is 3. The van der Waals surface area contributed by atoms with Crippen molar-refractivity contribution in [1.29, 1.82) is 0 Å². The Morgan fingerprint density at radius 1 is 0.650 bits per heavy atom. The lowest BCUT2D eigenvalue weighted by atomic mass is 10.1. The zero-order chi connectivity index (χ0) is 13.8. The molecule has 20 heavy (non-hydrogen) atoms. The Morgan fingerprint density at radius 2 is 1.30 bits per heavy atom. The predicted octanol–water partition coefficient (Wildman–Crippen LogP) is 5.79. The van der Waals surface area contributed by atoms with Crippen molar-refractivity contribution < 1.29 is 0 Å². The molecule has 0 saturated heterocycles. The van der Waals surface area contributed by atoms with E-state index in [0.29, 0.717) is 0 Å². The molecule has 0 aliphatic heterocycles. The Hall–Kier alpha value is -1.64. The van der Waals surface area contributed by atoms with Gasteiger partial charge < -0.3 is 0 Å². The number of hydrogen-bond acceptors (Lipinski definition) is 2. The van der Waals surface area contributed by atoms with Crippen LogP contribution in [0.15, 0.2) is 93.5 Å². The van der Waals surface area contributed by atoms with Crippen molar-refractivity contribution in [3.63, 3.8) is 0 Å². The van der Waals surface area contributed by atoms with Crippen LogP contribution in [0.5, 0.6) is 0 Å². The summed E-state index contributed by atoms with van der Waals surface area (Å²) in [5.41, 5.74) is 2.38. The van der Waals surface area contributed by atoms with Gasteiger partial charge in [0, 0.05) is 14.7 Å². The zero-order valence-corrected chi connectivity index (χ0v) is 12.6. The first-order chi connectivity index (χ1) is 9.84. The minimum absolute atomic E-state index is 1.03. The maximum absolute atomic E-state index is 4.73. The minimum atomic E-state index is 1.03. The summed E-state index contributed by atoms with van der Waals surface area (Å²) in [4.78, 5) is 3.45. The van der Waals surface area contributed by atoms with Gasteiger partial charge in [0.1, 0.15) is 0 Å². The first-order valence-electron chi connectivity index (χ1n) is 6.45. The number of thiol groups is 1. The van der Waals surface area contributed by atoms with Crippen LogP contribution in [-0.2, 0) is 0 Å². The van der Waals surface area contributed by atoms with E-state index >= 15 is 0 Å². The Morgan fingerprint density at radius 3 is 2.00 bits per heavy atom. The van der Waals surface area contributed by atoms with Crippen molar-refractivity contribution in [3.05, 3.63) is 78.9 Å². The summed E-state index contributed by atoms with van der Waals surface area (Å²) in [6, 6.07) is 27.1. The highest BCUT2D eigenvalue weighted by Crippen LogP contribution is 2.37. The smallest absolute Gasteiger partial charge is 0.0262 e. The average molecular weight is 294 g/mol. The van der Waals surface area contributed by atoms with Crippen LogP contribution in [0.1, 0.15) is 0 Å². The summed E-state index contributed by atoms with van der Waals surface area (Å²) in [5, 5.41) is 0. The summed E-state index contributed by atoms with van der Waals surface area (Å²) < 4.78 is 0. The summed E-state index contributed by atoms with van der Waals surface area (Å²) in [6.07, 6.45) is 0. The van der Waals surface area contributed by atoms with Crippen LogP contribution in [0.25, 0.3) is 11.1 Å². The van der Waals surface area contributed by atoms with Gasteiger partial charge in [-0.15, -0.1) is 12.6 Å². The molecular weight excluding hydrogens is 280 g/mol. The van der Waals surface area contributed by atoms with E-state index in [2.05, 4.69) is 66.7 Å². The molecule has 0 nitrogen and oxygen atoms in total. The first kappa shape index (κ1) is 13.3. The molecule has 0 amide bonds. The van der Waals surface area contributed by atoms with Crippen LogP contribution >= 0.6 is 24.4 Å². The summed E-state index contributed by atoms with van der Waals surface area (Å²) in [7, 11) is 0. The molecule has 0 saturated carbocycles. The molecule has 0 unspecified atom stereocenters. The van der Waals surface area contributed by atoms with Crippen molar-refractivity contribution in [2.75, 3.05) is 0 Å². The molecule has 3 rings (SSSR count). The van der Waals surface area contributed by atoms with Crippen LogP contribution in [0, 0.1) is 0 Å². The van der Waals surface area contributed by atoms with Crippen LogP contribution in [0.2, 0.25) is 0 Å². The van der Waals surface area contributed by atoms with Crippen LogP contribution in [-0.4, -0.2) is 0 Å². The van der Waals surface area contributed by atoms with E-state index in [1.54, 1.807) is 11.8 Å². The molecule has 3 aromatic rings.